The Hall–Kier alpha value is -3.64. The van der Waals surface area contributed by atoms with E-state index in [4.69, 9.17) is 11.6 Å². The molecular formula is C28H28ClF4N3O4S. The highest BCUT2D eigenvalue weighted by Crippen LogP contribution is 2.36. The van der Waals surface area contributed by atoms with E-state index in [2.05, 4.69) is 5.32 Å². The number of carbonyl (C=O) groups excluding carboxylic acids is 2. The van der Waals surface area contributed by atoms with Gasteiger partial charge in [0, 0.05) is 25.1 Å². The van der Waals surface area contributed by atoms with Gasteiger partial charge in [0.15, 0.2) is 0 Å². The maximum absolute atomic E-state index is 14.7. The van der Waals surface area contributed by atoms with Crippen molar-refractivity contribution in [3.05, 3.63) is 100 Å². The smallest absolute Gasteiger partial charge is 0.355 e. The molecule has 7 nitrogen and oxygen atoms in total. The molecule has 220 valence electrons. The van der Waals surface area contributed by atoms with E-state index >= 15 is 0 Å². The van der Waals surface area contributed by atoms with Crippen LogP contribution in [0.1, 0.15) is 23.6 Å². The molecule has 0 saturated carbocycles. The maximum atomic E-state index is 14.7. The lowest BCUT2D eigenvalue weighted by Crippen LogP contribution is -2.53. The predicted octanol–water partition coefficient (Wildman–Crippen LogP) is 5.04. The minimum absolute atomic E-state index is 0.00391. The molecule has 0 spiro atoms. The number of alkyl halides is 3. The first kappa shape index (κ1) is 31.9. The number of likely N-dealkylation sites (N-methyl/N-ethyl adjacent to an activating group) is 1. The van der Waals surface area contributed by atoms with Crippen LogP contribution in [0.3, 0.4) is 0 Å². The molecule has 3 rings (SSSR count). The van der Waals surface area contributed by atoms with Crippen LogP contribution in [-0.2, 0) is 38.8 Å². The second kappa shape index (κ2) is 13.3. The summed E-state index contributed by atoms with van der Waals surface area (Å²) in [7, 11) is -4.37. The van der Waals surface area contributed by atoms with E-state index in [1.54, 1.807) is 37.3 Å². The Morgan fingerprint density at radius 3 is 2.22 bits per heavy atom. The molecule has 0 radical (unpaired) electrons. The van der Waals surface area contributed by atoms with E-state index in [0.29, 0.717) is 28.3 Å². The van der Waals surface area contributed by atoms with Gasteiger partial charge in [-0.2, -0.15) is 13.2 Å². The zero-order chi connectivity index (χ0) is 30.4. The molecule has 1 atom stereocenters. The van der Waals surface area contributed by atoms with Crippen molar-refractivity contribution in [3.8, 4) is 0 Å². The lowest BCUT2D eigenvalue weighted by atomic mass is 10.0. The number of amides is 2. The van der Waals surface area contributed by atoms with E-state index in [-0.39, 0.29) is 23.6 Å². The lowest BCUT2D eigenvalue weighted by Gasteiger charge is -2.33. The largest absolute Gasteiger partial charge is 0.416 e. The summed E-state index contributed by atoms with van der Waals surface area (Å²) in [4.78, 5) is 28.2. The Kier molecular flexibility index (Phi) is 10.4. The molecule has 0 aliphatic carbocycles. The van der Waals surface area contributed by atoms with Gasteiger partial charge in [-0.15, -0.1) is 0 Å². The molecule has 3 aromatic carbocycles. The second-order valence-corrected chi connectivity index (χ2v) is 11.5. The summed E-state index contributed by atoms with van der Waals surface area (Å²) in [6.45, 7) is 0.454. The summed E-state index contributed by atoms with van der Waals surface area (Å²) in [6.07, 6.45) is -4.11. The Bertz CT molecular complexity index is 1490. The minimum atomic E-state index is -4.82. The van der Waals surface area contributed by atoms with Crippen molar-refractivity contribution >= 4 is 39.1 Å². The van der Waals surface area contributed by atoms with Crippen molar-refractivity contribution in [2.45, 2.75) is 32.1 Å². The number of nitrogens with zero attached hydrogens (tertiary/aromatic N) is 2. The molecule has 0 saturated heterocycles. The van der Waals surface area contributed by atoms with Crippen LogP contribution in [0, 0.1) is 5.82 Å². The Labute approximate surface area is 240 Å². The minimum Gasteiger partial charge on any atom is -0.355 e. The molecule has 41 heavy (non-hydrogen) atoms. The summed E-state index contributed by atoms with van der Waals surface area (Å²) >= 11 is 6.11. The SMILES string of the molecule is CCNC(=O)C(Cc1ccccc1)N(Cc1ccccc1F)C(=O)CN(c1cc(C(F)(F)F)ccc1Cl)S(C)(=O)=O. The Balaban J connectivity index is 2.11. The fourth-order valence-corrected chi connectivity index (χ4v) is 5.25. The normalized spacial score (nSPS) is 12.5. The number of halogens is 5. The summed E-state index contributed by atoms with van der Waals surface area (Å²) in [5.74, 6) is -2.20. The molecule has 2 amide bonds. The van der Waals surface area contributed by atoms with Gasteiger partial charge in [-0.25, -0.2) is 12.8 Å². The molecule has 3 aromatic rings. The molecule has 1 N–H and O–H groups in total. The van der Waals surface area contributed by atoms with Crippen LogP contribution in [0.4, 0.5) is 23.2 Å². The van der Waals surface area contributed by atoms with Crippen molar-refractivity contribution in [1.82, 2.24) is 10.2 Å². The first-order valence-corrected chi connectivity index (χ1v) is 14.6. The fourth-order valence-electron chi connectivity index (χ4n) is 4.13. The quantitative estimate of drug-likeness (QED) is 0.307. The highest BCUT2D eigenvalue weighted by molar-refractivity contribution is 7.92. The summed E-state index contributed by atoms with van der Waals surface area (Å²) < 4.78 is 81.0. The van der Waals surface area contributed by atoms with Crippen LogP contribution in [0.25, 0.3) is 0 Å². The summed E-state index contributed by atoms with van der Waals surface area (Å²) in [5.41, 5.74) is -1.03. The molecule has 0 aromatic heterocycles. The third kappa shape index (κ3) is 8.43. The topological polar surface area (TPSA) is 86.8 Å². The number of carbonyl (C=O) groups is 2. The van der Waals surface area contributed by atoms with E-state index in [1.165, 1.54) is 24.3 Å². The molecule has 0 fully saturated rings. The molecular weight excluding hydrogens is 586 g/mol. The summed E-state index contributed by atoms with van der Waals surface area (Å²) in [6, 6.07) is 15.1. The van der Waals surface area contributed by atoms with Gasteiger partial charge in [0.2, 0.25) is 21.8 Å². The molecule has 13 heteroatoms. The van der Waals surface area contributed by atoms with E-state index in [1.807, 2.05) is 0 Å². The van der Waals surface area contributed by atoms with Crippen LogP contribution >= 0.6 is 11.6 Å². The Morgan fingerprint density at radius 2 is 1.63 bits per heavy atom. The highest BCUT2D eigenvalue weighted by atomic mass is 35.5. The lowest BCUT2D eigenvalue weighted by molar-refractivity contribution is -0.140. The number of hydrogen-bond donors (Lipinski definition) is 1. The van der Waals surface area contributed by atoms with Gasteiger partial charge >= 0.3 is 6.18 Å². The second-order valence-electron chi connectivity index (χ2n) is 9.15. The number of nitrogens with one attached hydrogen (secondary N) is 1. The standard InChI is InChI=1S/C28H28ClF4N3O4S/c1-3-34-27(38)25(15-19-9-5-4-6-10-19)35(17-20-11-7-8-12-23(20)30)26(37)18-36(41(2,39)40)24-16-21(28(31,32)33)13-14-22(24)29/h4-14,16,25H,3,15,17-18H2,1-2H3,(H,34,38). The monoisotopic (exact) mass is 613 g/mol. The molecule has 0 heterocycles. The van der Waals surface area contributed by atoms with E-state index < -0.39 is 64.2 Å². The highest BCUT2D eigenvalue weighted by Gasteiger charge is 2.36. The summed E-state index contributed by atoms with van der Waals surface area (Å²) in [5, 5.41) is 2.30. The van der Waals surface area contributed by atoms with Gasteiger partial charge in [0.25, 0.3) is 0 Å². The zero-order valence-electron chi connectivity index (χ0n) is 22.2. The third-order valence-electron chi connectivity index (χ3n) is 6.14. The van der Waals surface area contributed by atoms with Gasteiger partial charge in [-0.1, -0.05) is 60.1 Å². The van der Waals surface area contributed by atoms with Gasteiger partial charge in [-0.05, 0) is 36.8 Å². The van der Waals surface area contributed by atoms with Crippen molar-refractivity contribution in [2.24, 2.45) is 0 Å². The van der Waals surface area contributed by atoms with Crippen molar-refractivity contribution in [3.63, 3.8) is 0 Å². The number of hydrogen-bond acceptors (Lipinski definition) is 4. The van der Waals surface area contributed by atoms with Crippen LogP contribution in [0.2, 0.25) is 5.02 Å². The van der Waals surface area contributed by atoms with Gasteiger partial charge in [-0.3, -0.25) is 13.9 Å². The molecule has 1 unspecified atom stereocenters. The molecule has 0 aliphatic heterocycles. The van der Waals surface area contributed by atoms with Crippen molar-refractivity contribution < 1.29 is 35.6 Å². The first-order chi connectivity index (χ1) is 19.2. The van der Waals surface area contributed by atoms with Gasteiger partial charge < -0.3 is 10.2 Å². The molecule has 0 aliphatic rings. The number of sulfonamides is 1. The van der Waals surface area contributed by atoms with Gasteiger partial charge in [0.05, 0.1) is 22.5 Å². The average molecular weight is 614 g/mol. The van der Waals surface area contributed by atoms with Crippen LogP contribution in [0.5, 0.6) is 0 Å². The Morgan fingerprint density at radius 1 is 1.00 bits per heavy atom. The predicted molar refractivity (Wildman–Crippen MR) is 148 cm³/mol. The molecule has 0 bridgehead atoms. The maximum Gasteiger partial charge on any atom is 0.416 e. The van der Waals surface area contributed by atoms with Crippen molar-refractivity contribution in [1.29, 1.82) is 0 Å². The third-order valence-corrected chi connectivity index (χ3v) is 7.59. The van der Waals surface area contributed by atoms with Gasteiger partial charge in [0.1, 0.15) is 18.4 Å². The first-order valence-electron chi connectivity index (χ1n) is 12.4. The fraction of sp³-hybridized carbons (Fsp3) is 0.286. The number of benzene rings is 3. The number of rotatable bonds is 11. The van der Waals surface area contributed by atoms with E-state index in [9.17, 15) is 35.6 Å². The average Bonchev–Trinajstić information content (AvgIpc) is 2.90. The van der Waals surface area contributed by atoms with E-state index in [0.717, 1.165) is 11.0 Å². The zero-order valence-corrected chi connectivity index (χ0v) is 23.7. The van der Waals surface area contributed by atoms with Crippen molar-refractivity contribution in [2.75, 3.05) is 23.7 Å². The number of anilines is 1. The van der Waals surface area contributed by atoms with Crippen LogP contribution in [-0.4, -0.2) is 50.5 Å². The van der Waals surface area contributed by atoms with Crippen LogP contribution < -0.4 is 9.62 Å². The van der Waals surface area contributed by atoms with Crippen LogP contribution in [0.15, 0.2) is 72.8 Å².